The predicted octanol–water partition coefficient (Wildman–Crippen LogP) is 3.00. The Morgan fingerprint density at radius 1 is 1.19 bits per heavy atom. The van der Waals surface area contributed by atoms with Crippen molar-refractivity contribution in [3.8, 4) is 0 Å². The van der Waals surface area contributed by atoms with E-state index in [1.165, 1.54) is 38.5 Å². The van der Waals surface area contributed by atoms with Crippen LogP contribution < -0.4 is 11.1 Å². The second-order valence-electron chi connectivity index (χ2n) is 11.4. The molecule has 4 aliphatic carbocycles. The molecule has 32 heavy (non-hydrogen) atoms. The summed E-state index contributed by atoms with van der Waals surface area (Å²) in [6, 6.07) is 3.60. The summed E-state index contributed by atoms with van der Waals surface area (Å²) in [5.74, 6) is 1.67. The van der Waals surface area contributed by atoms with E-state index in [-0.39, 0.29) is 17.0 Å². The highest BCUT2D eigenvalue weighted by atomic mass is 16.3. The molecule has 0 aliphatic heterocycles. The van der Waals surface area contributed by atoms with Crippen molar-refractivity contribution in [2.24, 2.45) is 28.9 Å². The fourth-order valence-electron chi connectivity index (χ4n) is 7.26. The van der Waals surface area contributed by atoms with Gasteiger partial charge in [-0.3, -0.25) is 14.0 Å². The molecule has 4 N–H and O–H groups in total. The number of rotatable bonds is 6. The minimum absolute atomic E-state index is 0.167. The van der Waals surface area contributed by atoms with Gasteiger partial charge in [-0.2, -0.15) is 0 Å². The van der Waals surface area contributed by atoms with Crippen LogP contribution in [-0.2, 0) is 6.42 Å². The molecule has 4 fully saturated rings. The number of nitrogens with two attached hydrogens (primary N) is 1. The summed E-state index contributed by atoms with van der Waals surface area (Å²) < 4.78 is 1.72. The van der Waals surface area contributed by atoms with Crippen molar-refractivity contribution >= 4 is 17.5 Å². The normalized spacial score (nSPS) is 28.9. The van der Waals surface area contributed by atoms with Crippen LogP contribution in [0.4, 0.5) is 0 Å². The van der Waals surface area contributed by atoms with Gasteiger partial charge < -0.3 is 16.2 Å². The molecular weight excluding hydrogens is 404 g/mol. The maximum Gasteiger partial charge on any atom is 0.269 e. The number of aryl methyl sites for hydroxylation is 1. The summed E-state index contributed by atoms with van der Waals surface area (Å²) in [7, 11) is 0. The lowest BCUT2D eigenvalue weighted by Crippen LogP contribution is -2.51. The van der Waals surface area contributed by atoms with Crippen molar-refractivity contribution < 1.29 is 14.7 Å². The lowest BCUT2D eigenvalue weighted by atomic mass is 9.49. The maximum atomic E-state index is 13.6. The molecule has 4 aliphatic rings. The van der Waals surface area contributed by atoms with Crippen molar-refractivity contribution in [3.05, 3.63) is 34.8 Å². The molecule has 2 heterocycles. The quantitative estimate of drug-likeness (QED) is 0.644. The smallest absolute Gasteiger partial charge is 0.269 e. The third-order valence-electron chi connectivity index (χ3n) is 7.96. The molecule has 2 aromatic rings. The van der Waals surface area contributed by atoms with Crippen LogP contribution in [0.25, 0.3) is 5.65 Å². The maximum absolute atomic E-state index is 13.6. The first-order valence-electron chi connectivity index (χ1n) is 11.8. The highest BCUT2D eigenvalue weighted by Gasteiger charge is 2.50. The minimum Gasteiger partial charge on any atom is -0.390 e. The van der Waals surface area contributed by atoms with E-state index in [9.17, 15) is 14.7 Å². The summed E-state index contributed by atoms with van der Waals surface area (Å²) in [4.78, 5) is 29.9. The first-order chi connectivity index (χ1) is 15.0. The van der Waals surface area contributed by atoms with Gasteiger partial charge in [-0.25, -0.2) is 4.98 Å². The second kappa shape index (κ2) is 7.30. The first-order valence-corrected chi connectivity index (χ1v) is 11.8. The molecular formula is C25H34N4O3. The van der Waals surface area contributed by atoms with Crippen LogP contribution in [0, 0.1) is 30.1 Å². The van der Waals surface area contributed by atoms with Crippen LogP contribution in [0.5, 0.6) is 0 Å². The summed E-state index contributed by atoms with van der Waals surface area (Å²) in [6.07, 6.45) is 8.07. The van der Waals surface area contributed by atoms with E-state index in [0.29, 0.717) is 30.0 Å². The van der Waals surface area contributed by atoms with Crippen LogP contribution in [0.15, 0.2) is 12.1 Å². The summed E-state index contributed by atoms with van der Waals surface area (Å²) in [5.41, 5.74) is 7.14. The summed E-state index contributed by atoms with van der Waals surface area (Å²) in [5, 5.41) is 13.7. The average Bonchev–Trinajstić information content (AvgIpc) is 3.01. The standard InChI is InChI=1S/C25H34N4O3/c1-14-20(22(26)30)28-19-5-4-18(12-24(2,3)32)21(29(14)19)23(31)27-13-25-9-15-6-16(10-25)8-17(7-15)11-25/h4-5,15-17,32H,6-13H2,1-3H3,(H2,26,30)(H,27,31). The molecule has 0 aromatic carbocycles. The van der Waals surface area contributed by atoms with E-state index in [1.807, 2.05) is 6.07 Å². The van der Waals surface area contributed by atoms with E-state index < -0.39 is 11.5 Å². The van der Waals surface area contributed by atoms with Crippen LogP contribution in [0.1, 0.15) is 84.6 Å². The molecule has 0 saturated heterocycles. The third kappa shape index (κ3) is 3.70. The van der Waals surface area contributed by atoms with Crippen molar-refractivity contribution in [1.29, 1.82) is 0 Å². The Labute approximate surface area is 188 Å². The van der Waals surface area contributed by atoms with Gasteiger partial charge in [0.25, 0.3) is 11.8 Å². The van der Waals surface area contributed by atoms with Gasteiger partial charge in [-0.15, -0.1) is 0 Å². The largest absolute Gasteiger partial charge is 0.390 e. The van der Waals surface area contributed by atoms with E-state index in [1.54, 1.807) is 31.2 Å². The molecule has 2 amide bonds. The SMILES string of the molecule is Cc1c(C(N)=O)nc2ccc(CC(C)(C)O)c(C(=O)NCC34CC5CC(CC(C5)C3)C4)n12. The van der Waals surface area contributed by atoms with Gasteiger partial charge in [-0.05, 0) is 94.1 Å². The third-order valence-corrected chi connectivity index (χ3v) is 7.96. The van der Waals surface area contributed by atoms with Gasteiger partial charge in [0.1, 0.15) is 17.0 Å². The number of nitrogens with one attached hydrogen (secondary N) is 1. The number of fused-ring (bicyclic) bond motifs is 1. The van der Waals surface area contributed by atoms with E-state index in [4.69, 9.17) is 5.73 Å². The van der Waals surface area contributed by atoms with Crippen LogP contribution in [0.2, 0.25) is 0 Å². The fourth-order valence-corrected chi connectivity index (χ4v) is 7.26. The number of nitrogens with zero attached hydrogens (tertiary/aromatic N) is 2. The number of imidazole rings is 1. The molecule has 172 valence electrons. The van der Waals surface area contributed by atoms with Gasteiger partial charge in [0.2, 0.25) is 0 Å². The van der Waals surface area contributed by atoms with Gasteiger partial charge in [-0.1, -0.05) is 6.07 Å². The molecule has 0 atom stereocenters. The molecule has 4 bridgehead atoms. The lowest BCUT2D eigenvalue weighted by Gasteiger charge is -2.56. The number of pyridine rings is 1. The first kappa shape index (κ1) is 21.4. The predicted molar refractivity (Wildman–Crippen MR) is 121 cm³/mol. The molecule has 0 spiro atoms. The zero-order chi connectivity index (χ0) is 22.8. The molecule has 2 aromatic heterocycles. The number of hydrogen-bond donors (Lipinski definition) is 3. The second-order valence-corrected chi connectivity index (χ2v) is 11.4. The van der Waals surface area contributed by atoms with Crippen molar-refractivity contribution in [2.75, 3.05) is 6.54 Å². The van der Waals surface area contributed by atoms with Gasteiger partial charge >= 0.3 is 0 Å². The summed E-state index contributed by atoms with van der Waals surface area (Å²) in [6.45, 7) is 5.89. The van der Waals surface area contributed by atoms with Crippen molar-refractivity contribution in [3.63, 3.8) is 0 Å². The Morgan fingerprint density at radius 2 is 1.78 bits per heavy atom. The van der Waals surface area contributed by atoms with E-state index in [2.05, 4.69) is 10.3 Å². The number of primary amides is 1. The molecule has 0 radical (unpaired) electrons. The van der Waals surface area contributed by atoms with Gasteiger partial charge in [0.05, 0.1) is 11.3 Å². The van der Waals surface area contributed by atoms with E-state index >= 15 is 0 Å². The minimum atomic E-state index is -0.983. The van der Waals surface area contributed by atoms with Gasteiger partial charge in [0, 0.05) is 13.0 Å². The summed E-state index contributed by atoms with van der Waals surface area (Å²) >= 11 is 0. The molecule has 6 rings (SSSR count). The Hall–Kier alpha value is -2.41. The number of amides is 2. The van der Waals surface area contributed by atoms with Crippen LogP contribution in [-0.4, -0.2) is 38.5 Å². The zero-order valence-electron chi connectivity index (χ0n) is 19.3. The molecule has 0 unspecified atom stereocenters. The molecule has 4 saturated carbocycles. The Morgan fingerprint density at radius 3 is 2.31 bits per heavy atom. The topological polar surface area (TPSA) is 110 Å². The Kier molecular flexibility index (Phi) is 4.89. The Bertz CT molecular complexity index is 1060. The highest BCUT2D eigenvalue weighted by molar-refractivity contribution is 5.97. The number of aromatic nitrogens is 2. The van der Waals surface area contributed by atoms with Crippen molar-refractivity contribution in [2.45, 2.75) is 71.3 Å². The van der Waals surface area contributed by atoms with Crippen LogP contribution in [0.3, 0.4) is 0 Å². The average molecular weight is 439 g/mol. The van der Waals surface area contributed by atoms with Crippen LogP contribution >= 0.6 is 0 Å². The fraction of sp³-hybridized carbons (Fsp3) is 0.640. The van der Waals surface area contributed by atoms with Gasteiger partial charge in [0.15, 0.2) is 0 Å². The number of carbonyl (C=O) groups is 2. The number of aliphatic hydroxyl groups is 1. The monoisotopic (exact) mass is 438 g/mol. The van der Waals surface area contributed by atoms with E-state index in [0.717, 1.165) is 23.3 Å². The lowest BCUT2D eigenvalue weighted by molar-refractivity contribution is -0.0503. The Balaban J connectivity index is 1.49. The number of carbonyl (C=O) groups excluding carboxylic acids is 2. The molecule has 7 heteroatoms. The number of hydrogen-bond acceptors (Lipinski definition) is 4. The van der Waals surface area contributed by atoms with Crippen molar-refractivity contribution in [1.82, 2.24) is 14.7 Å². The molecule has 7 nitrogen and oxygen atoms in total. The highest BCUT2D eigenvalue weighted by Crippen LogP contribution is 2.59. The zero-order valence-corrected chi connectivity index (χ0v) is 19.3.